The van der Waals surface area contributed by atoms with Crippen molar-refractivity contribution < 1.29 is 9.53 Å². The molecule has 0 radical (unpaired) electrons. The predicted octanol–water partition coefficient (Wildman–Crippen LogP) is 1.89. The van der Waals surface area contributed by atoms with Gasteiger partial charge >= 0.3 is 0 Å². The minimum Gasteiger partial charge on any atom is -0.376 e. The highest BCUT2D eigenvalue weighted by Crippen LogP contribution is 2.49. The van der Waals surface area contributed by atoms with E-state index in [9.17, 15) is 4.79 Å². The normalized spacial score (nSPS) is 26.6. The second-order valence-electron chi connectivity index (χ2n) is 7.30. The SMILES string of the molecule is CC(C)OC1CC2(C1)CN(C(=O)CN1CCCCC1)C2. The third kappa shape index (κ3) is 3.01. The van der Waals surface area contributed by atoms with E-state index < -0.39 is 0 Å². The van der Waals surface area contributed by atoms with Crippen LogP contribution in [0.5, 0.6) is 0 Å². The van der Waals surface area contributed by atoms with Crippen molar-refractivity contribution in [2.45, 2.75) is 58.2 Å². The summed E-state index contributed by atoms with van der Waals surface area (Å²) in [6, 6.07) is 0. The van der Waals surface area contributed by atoms with E-state index in [2.05, 4.69) is 23.6 Å². The molecule has 0 aromatic rings. The second-order valence-corrected chi connectivity index (χ2v) is 7.30. The van der Waals surface area contributed by atoms with E-state index in [-0.39, 0.29) is 0 Å². The van der Waals surface area contributed by atoms with Gasteiger partial charge in [0.1, 0.15) is 0 Å². The van der Waals surface area contributed by atoms with Crippen LogP contribution in [0.15, 0.2) is 0 Å². The Morgan fingerprint density at radius 1 is 1.20 bits per heavy atom. The molecule has 0 bridgehead atoms. The molecule has 3 rings (SSSR count). The monoisotopic (exact) mass is 280 g/mol. The Balaban J connectivity index is 1.37. The van der Waals surface area contributed by atoms with Crippen LogP contribution in [-0.4, -0.2) is 60.6 Å². The van der Waals surface area contributed by atoms with Crippen LogP contribution < -0.4 is 0 Å². The molecular weight excluding hydrogens is 252 g/mol. The number of nitrogens with zero attached hydrogens (tertiary/aromatic N) is 2. The Morgan fingerprint density at radius 2 is 1.85 bits per heavy atom. The van der Waals surface area contributed by atoms with Crippen molar-refractivity contribution in [3.63, 3.8) is 0 Å². The summed E-state index contributed by atoms with van der Waals surface area (Å²) in [7, 11) is 0. The minimum atomic E-state index is 0.328. The molecule has 114 valence electrons. The number of rotatable bonds is 4. The second kappa shape index (κ2) is 5.64. The molecule has 0 aromatic carbocycles. The van der Waals surface area contributed by atoms with E-state index in [4.69, 9.17) is 4.74 Å². The summed E-state index contributed by atoms with van der Waals surface area (Å²) in [5, 5.41) is 0. The van der Waals surface area contributed by atoms with Gasteiger partial charge in [0.15, 0.2) is 0 Å². The molecule has 0 unspecified atom stereocenters. The van der Waals surface area contributed by atoms with Crippen LogP contribution in [0, 0.1) is 5.41 Å². The summed E-state index contributed by atoms with van der Waals surface area (Å²) in [4.78, 5) is 16.6. The number of likely N-dealkylation sites (tertiary alicyclic amines) is 2. The molecule has 1 saturated carbocycles. The maximum atomic E-state index is 12.2. The Hall–Kier alpha value is -0.610. The summed E-state index contributed by atoms with van der Waals surface area (Å²) in [5.74, 6) is 0.339. The van der Waals surface area contributed by atoms with Gasteiger partial charge in [-0.15, -0.1) is 0 Å². The Labute approximate surface area is 122 Å². The zero-order valence-electron chi connectivity index (χ0n) is 12.9. The summed E-state index contributed by atoms with van der Waals surface area (Å²) in [6.07, 6.45) is 6.91. The van der Waals surface area contributed by atoms with Crippen LogP contribution in [0.3, 0.4) is 0 Å². The van der Waals surface area contributed by atoms with Crippen LogP contribution in [0.4, 0.5) is 0 Å². The summed E-state index contributed by atoms with van der Waals surface area (Å²) in [5.41, 5.74) is 0.414. The van der Waals surface area contributed by atoms with E-state index in [1.165, 1.54) is 19.3 Å². The first-order chi connectivity index (χ1) is 9.56. The Kier molecular flexibility index (Phi) is 4.04. The molecule has 0 atom stereocenters. The van der Waals surface area contributed by atoms with Gasteiger partial charge in [0, 0.05) is 18.5 Å². The van der Waals surface area contributed by atoms with E-state index in [0.717, 1.165) is 39.0 Å². The van der Waals surface area contributed by atoms with E-state index in [0.29, 0.717) is 30.1 Å². The van der Waals surface area contributed by atoms with Crippen molar-refractivity contribution in [1.29, 1.82) is 0 Å². The predicted molar refractivity (Wildman–Crippen MR) is 78.5 cm³/mol. The highest BCUT2D eigenvalue weighted by molar-refractivity contribution is 5.79. The number of carbonyl (C=O) groups excluding carboxylic acids is 1. The van der Waals surface area contributed by atoms with Crippen molar-refractivity contribution in [3.05, 3.63) is 0 Å². The molecule has 2 aliphatic heterocycles. The van der Waals surface area contributed by atoms with Gasteiger partial charge in [-0.2, -0.15) is 0 Å². The van der Waals surface area contributed by atoms with Crippen molar-refractivity contribution >= 4 is 5.91 Å². The summed E-state index contributed by atoms with van der Waals surface area (Å²) >= 11 is 0. The number of hydrogen-bond donors (Lipinski definition) is 0. The average molecular weight is 280 g/mol. The lowest BCUT2D eigenvalue weighted by atomic mass is 9.61. The largest absolute Gasteiger partial charge is 0.376 e. The van der Waals surface area contributed by atoms with Crippen LogP contribution in [-0.2, 0) is 9.53 Å². The molecular formula is C16H28N2O2. The molecule has 0 N–H and O–H groups in total. The van der Waals surface area contributed by atoms with Crippen molar-refractivity contribution in [2.75, 3.05) is 32.7 Å². The zero-order valence-corrected chi connectivity index (χ0v) is 12.9. The molecule has 1 spiro atoms. The fraction of sp³-hybridized carbons (Fsp3) is 0.938. The van der Waals surface area contributed by atoms with Gasteiger partial charge in [0.2, 0.25) is 5.91 Å². The molecule has 2 saturated heterocycles. The van der Waals surface area contributed by atoms with Gasteiger partial charge < -0.3 is 9.64 Å². The van der Waals surface area contributed by atoms with E-state index in [1.807, 2.05) is 0 Å². The van der Waals surface area contributed by atoms with Gasteiger partial charge in [0.05, 0.1) is 18.8 Å². The number of piperidine rings is 1. The summed E-state index contributed by atoms with van der Waals surface area (Å²) < 4.78 is 5.82. The lowest BCUT2D eigenvalue weighted by Crippen LogP contribution is -2.66. The standard InChI is InChI=1S/C16H28N2O2/c1-13(2)20-14-8-16(9-14)11-18(12-16)15(19)10-17-6-4-3-5-7-17/h13-14H,3-12H2,1-2H3. The maximum absolute atomic E-state index is 12.2. The van der Waals surface area contributed by atoms with Gasteiger partial charge in [-0.3, -0.25) is 9.69 Å². The summed E-state index contributed by atoms with van der Waals surface area (Å²) in [6.45, 7) is 8.99. The fourth-order valence-corrected chi connectivity index (χ4v) is 3.99. The number of carbonyl (C=O) groups is 1. The average Bonchev–Trinajstić information content (AvgIpc) is 2.31. The van der Waals surface area contributed by atoms with E-state index >= 15 is 0 Å². The molecule has 1 amide bonds. The molecule has 3 aliphatic rings. The third-order valence-corrected chi connectivity index (χ3v) is 5.00. The number of ether oxygens (including phenoxy) is 1. The highest BCUT2D eigenvalue weighted by Gasteiger charge is 2.54. The quantitative estimate of drug-likeness (QED) is 0.788. The Morgan fingerprint density at radius 3 is 2.45 bits per heavy atom. The zero-order chi connectivity index (χ0) is 14.2. The number of hydrogen-bond acceptors (Lipinski definition) is 3. The van der Waals surface area contributed by atoms with E-state index in [1.54, 1.807) is 0 Å². The van der Waals surface area contributed by atoms with Crippen LogP contribution in [0.2, 0.25) is 0 Å². The van der Waals surface area contributed by atoms with Crippen molar-refractivity contribution in [3.8, 4) is 0 Å². The maximum Gasteiger partial charge on any atom is 0.236 e. The minimum absolute atomic E-state index is 0.328. The first-order valence-corrected chi connectivity index (χ1v) is 8.22. The number of amides is 1. The first-order valence-electron chi connectivity index (χ1n) is 8.22. The fourth-order valence-electron chi connectivity index (χ4n) is 3.99. The van der Waals surface area contributed by atoms with Gasteiger partial charge in [-0.05, 0) is 52.6 Å². The smallest absolute Gasteiger partial charge is 0.236 e. The third-order valence-electron chi connectivity index (χ3n) is 5.00. The molecule has 1 aliphatic carbocycles. The molecule has 0 aromatic heterocycles. The lowest BCUT2D eigenvalue weighted by Gasteiger charge is -2.59. The van der Waals surface area contributed by atoms with Gasteiger partial charge in [0.25, 0.3) is 0 Å². The first kappa shape index (κ1) is 14.3. The molecule has 20 heavy (non-hydrogen) atoms. The molecule has 4 nitrogen and oxygen atoms in total. The van der Waals surface area contributed by atoms with Crippen LogP contribution >= 0.6 is 0 Å². The van der Waals surface area contributed by atoms with Crippen LogP contribution in [0.25, 0.3) is 0 Å². The Bertz CT molecular complexity index is 349. The van der Waals surface area contributed by atoms with Gasteiger partial charge in [-0.1, -0.05) is 6.42 Å². The molecule has 4 heteroatoms. The van der Waals surface area contributed by atoms with Crippen molar-refractivity contribution in [1.82, 2.24) is 9.80 Å². The van der Waals surface area contributed by atoms with Crippen LogP contribution in [0.1, 0.15) is 46.0 Å². The molecule has 3 fully saturated rings. The van der Waals surface area contributed by atoms with Crippen molar-refractivity contribution in [2.24, 2.45) is 5.41 Å². The van der Waals surface area contributed by atoms with Gasteiger partial charge in [-0.25, -0.2) is 0 Å². The lowest BCUT2D eigenvalue weighted by molar-refractivity contribution is -0.178. The molecule has 2 heterocycles. The highest BCUT2D eigenvalue weighted by atomic mass is 16.5. The topological polar surface area (TPSA) is 32.8 Å².